The number of hydrogen-bond acceptors (Lipinski definition) is 8. The molecule has 0 fully saturated rings. The number of hydrogen-bond donors (Lipinski definition) is 0. The van der Waals surface area contributed by atoms with Crippen molar-refractivity contribution in [3.63, 3.8) is 0 Å². The number of aromatic nitrogens is 6. The molecule has 0 aliphatic heterocycles. The van der Waals surface area contributed by atoms with Crippen molar-refractivity contribution in [1.82, 2.24) is 30.4 Å². The third-order valence-electron chi connectivity index (χ3n) is 6.10. The summed E-state index contributed by atoms with van der Waals surface area (Å²) in [4.78, 5) is 8.98. The third kappa shape index (κ3) is 3.92. The molecule has 0 aliphatic rings. The number of fused-ring (bicyclic) bond motifs is 2. The molecule has 0 N–H and O–H groups in total. The van der Waals surface area contributed by atoms with Crippen LogP contribution in [0.4, 0.5) is 0 Å². The lowest BCUT2D eigenvalue weighted by Crippen LogP contribution is -2.03. The first-order valence-electron chi connectivity index (χ1n) is 11.7. The van der Waals surface area contributed by atoms with Crippen LogP contribution in [0.25, 0.3) is 67.6 Å². The van der Waals surface area contributed by atoms with E-state index in [4.69, 9.17) is 8.83 Å². The van der Waals surface area contributed by atoms with Crippen LogP contribution >= 0.6 is 0 Å². The molecule has 8 nitrogen and oxygen atoms in total. The molecule has 4 heterocycles. The third-order valence-corrected chi connectivity index (χ3v) is 6.10. The molecular weight excluding hydrogens is 463 g/mol. The van der Waals surface area contributed by atoms with Gasteiger partial charge in [-0.25, -0.2) is 0 Å². The van der Waals surface area contributed by atoms with Crippen LogP contribution in [-0.4, -0.2) is 38.2 Å². The molecule has 0 amide bonds. The molecule has 4 aromatic heterocycles. The molecule has 0 atom stereocenters. The van der Waals surface area contributed by atoms with E-state index in [2.05, 4.69) is 30.4 Å². The summed E-state index contributed by atoms with van der Waals surface area (Å²) in [6.45, 7) is 0. The van der Waals surface area contributed by atoms with Crippen LogP contribution in [0.1, 0.15) is 0 Å². The van der Waals surface area contributed by atoms with Gasteiger partial charge in [0.1, 0.15) is 7.85 Å². The van der Waals surface area contributed by atoms with E-state index in [1.807, 2.05) is 86.7 Å². The molecule has 0 spiro atoms. The number of rotatable bonds is 4. The van der Waals surface area contributed by atoms with Crippen molar-refractivity contribution >= 4 is 35.1 Å². The van der Waals surface area contributed by atoms with Gasteiger partial charge in [0.15, 0.2) is 0 Å². The summed E-state index contributed by atoms with van der Waals surface area (Å²) in [6.07, 6.45) is 3.48. The van der Waals surface area contributed by atoms with Gasteiger partial charge in [-0.05, 0) is 30.3 Å². The summed E-state index contributed by atoms with van der Waals surface area (Å²) in [6, 6.07) is 25.6. The zero-order valence-corrected chi connectivity index (χ0v) is 19.7. The normalized spacial score (nSPS) is 11.4. The zero-order valence-electron chi connectivity index (χ0n) is 19.7. The minimum atomic E-state index is 0.395. The molecular formula is C28H17BN6O2. The number of benzene rings is 3. The Labute approximate surface area is 211 Å². The number of nitrogens with zero attached hydrogens (tertiary/aromatic N) is 6. The lowest BCUT2D eigenvalue weighted by atomic mass is 9.92. The van der Waals surface area contributed by atoms with Crippen molar-refractivity contribution in [2.75, 3.05) is 0 Å². The van der Waals surface area contributed by atoms with Crippen molar-refractivity contribution in [3.05, 3.63) is 91.3 Å². The highest BCUT2D eigenvalue weighted by Crippen LogP contribution is 2.29. The lowest BCUT2D eigenvalue weighted by Gasteiger charge is -2.02. The standard InChI is InChI=1S/C28H17BN6O2/c29-22-12-18(25-32-34-27(36-25)20-9-16-5-1-3-7-23(16)30-14-20)11-19(13-22)26-33-35-28(37-26)21-10-17-6-2-4-8-24(17)31-15-21/h1-15H,29H2. The van der Waals surface area contributed by atoms with Crippen LogP contribution in [0.3, 0.4) is 0 Å². The highest BCUT2D eigenvalue weighted by atomic mass is 16.4. The maximum Gasteiger partial charge on any atom is 0.249 e. The highest BCUT2D eigenvalue weighted by Gasteiger charge is 2.16. The summed E-state index contributed by atoms with van der Waals surface area (Å²) in [5, 5.41) is 19.1. The SMILES string of the molecule is Bc1cc(-c2nnc(-c3cnc4ccccc4c3)o2)cc(-c2nnc(-c3cnc4ccccc4c3)o2)c1. The average molecular weight is 480 g/mol. The predicted molar refractivity (Wildman–Crippen MR) is 143 cm³/mol. The fourth-order valence-electron chi connectivity index (χ4n) is 4.32. The molecule has 0 unspecified atom stereocenters. The van der Waals surface area contributed by atoms with E-state index in [-0.39, 0.29) is 0 Å². The topological polar surface area (TPSA) is 104 Å². The van der Waals surface area contributed by atoms with Crippen LogP contribution in [0.2, 0.25) is 0 Å². The van der Waals surface area contributed by atoms with Gasteiger partial charge in [0.05, 0.1) is 22.2 Å². The minimum absolute atomic E-state index is 0.395. The summed E-state index contributed by atoms with van der Waals surface area (Å²) in [5.74, 6) is 1.60. The molecule has 0 saturated heterocycles. The minimum Gasteiger partial charge on any atom is -0.416 e. The number of pyridine rings is 2. The first kappa shape index (κ1) is 21.1. The Morgan fingerprint density at radius 2 is 0.919 bits per heavy atom. The molecule has 0 aliphatic carbocycles. The van der Waals surface area contributed by atoms with E-state index in [1.165, 1.54) is 0 Å². The lowest BCUT2D eigenvalue weighted by molar-refractivity contribution is 0.582. The van der Waals surface area contributed by atoms with Crippen LogP contribution in [0.15, 0.2) is 100 Å². The Balaban J connectivity index is 1.22. The molecule has 3 aromatic carbocycles. The van der Waals surface area contributed by atoms with Gasteiger partial charge in [0.2, 0.25) is 23.6 Å². The highest BCUT2D eigenvalue weighted by molar-refractivity contribution is 6.33. The van der Waals surface area contributed by atoms with Gasteiger partial charge in [-0.2, -0.15) is 0 Å². The molecule has 7 rings (SSSR count). The summed E-state index contributed by atoms with van der Waals surface area (Å²) >= 11 is 0. The Hall–Kier alpha value is -5.18. The monoisotopic (exact) mass is 480 g/mol. The Kier molecular flexibility index (Phi) is 4.85. The summed E-state index contributed by atoms with van der Waals surface area (Å²) < 4.78 is 12.1. The van der Waals surface area contributed by atoms with Crippen molar-refractivity contribution in [3.8, 4) is 45.8 Å². The zero-order chi connectivity index (χ0) is 24.8. The van der Waals surface area contributed by atoms with Gasteiger partial charge >= 0.3 is 0 Å². The number of para-hydroxylation sites is 2. The van der Waals surface area contributed by atoms with E-state index in [1.54, 1.807) is 12.4 Å². The quantitative estimate of drug-likeness (QED) is 0.340. The van der Waals surface area contributed by atoms with Crippen molar-refractivity contribution in [2.24, 2.45) is 0 Å². The van der Waals surface area contributed by atoms with Gasteiger partial charge in [0, 0.05) is 34.3 Å². The van der Waals surface area contributed by atoms with Gasteiger partial charge in [-0.1, -0.05) is 54.0 Å². The first-order chi connectivity index (χ1) is 18.2. The smallest absolute Gasteiger partial charge is 0.249 e. The van der Waals surface area contributed by atoms with E-state index < -0.39 is 0 Å². The summed E-state index contributed by atoms with van der Waals surface area (Å²) in [7, 11) is 1.99. The fourth-order valence-corrected chi connectivity index (χ4v) is 4.32. The first-order valence-corrected chi connectivity index (χ1v) is 11.7. The second-order valence-corrected chi connectivity index (χ2v) is 8.75. The Morgan fingerprint density at radius 3 is 1.41 bits per heavy atom. The van der Waals surface area contributed by atoms with E-state index in [0.717, 1.165) is 49.5 Å². The van der Waals surface area contributed by atoms with E-state index in [9.17, 15) is 0 Å². The van der Waals surface area contributed by atoms with E-state index >= 15 is 0 Å². The second kappa shape index (κ2) is 8.49. The second-order valence-electron chi connectivity index (χ2n) is 8.75. The molecule has 9 heteroatoms. The maximum absolute atomic E-state index is 6.03. The van der Waals surface area contributed by atoms with Crippen molar-refractivity contribution in [2.45, 2.75) is 0 Å². The van der Waals surface area contributed by atoms with Crippen molar-refractivity contribution < 1.29 is 8.83 Å². The van der Waals surface area contributed by atoms with Crippen LogP contribution < -0.4 is 5.46 Å². The largest absolute Gasteiger partial charge is 0.416 e. The van der Waals surface area contributed by atoms with Gasteiger partial charge < -0.3 is 8.83 Å². The molecule has 37 heavy (non-hydrogen) atoms. The maximum atomic E-state index is 6.03. The molecule has 0 radical (unpaired) electrons. The molecule has 0 bridgehead atoms. The molecule has 174 valence electrons. The van der Waals surface area contributed by atoms with Crippen LogP contribution in [-0.2, 0) is 0 Å². The van der Waals surface area contributed by atoms with Crippen LogP contribution in [0, 0.1) is 0 Å². The van der Waals surface area contributed by atoms with Gasteiger partial charge in [0.25, 0.3) is 0 Å². The Morgan fingerprint density at radius 1 is 0.486 bits per heavy atom. The Bertz CT molecular complexity index is 1790. The van der Waals surface area contributed by atoms with E-state index in [0.29, 0.717) is 23.6 Å². The van der Waals surface area contributed by atoms with Gasteiger partial charge in [-0.15, -0.1) is 20.4 Å². The fraction of sp³-hybridized carbons (Fsp3) is 0. The van der Waals surface area contributed by atoms with Crippen molar-refractivity contribution in [1.29, 1.82) is 0 Å². The average Bonchev–Trinajstić information content (AvgIpc) is 3.63. The molecule has 7 aromatic rings. The van der Waals surface area contributed by atoms with Gasteiger partial charge in [-0.3, -0.25) is 9.97 Å². The predicted octanol–water partition coefficient (Wildman–Crippen LogP) is 4.48. The summed E-state index contributed by atoms with van der Waals surface area (Å²) in [5.41, 5.74) is 5.85. The van der Waals surface area contributed by atoms with Crippen LogP contribution in [0.5, 0.6) is 0 Å². The molecule has 0 saturated carbocycles.